The number of nitrogen functional groups attached to an aromatic ring is 1. The zero-order valence-corrected chi connectivity index (χ0v) is 7.17. The fourth-order valence-electron chi connectivity index (χ4n) is 0.537. The van der Waals surface area contributed by atoms with Crippen LogP contribution >= 0.6 is 23.7 Å². The highest BCUT2D eigenvalue weighted by molar-refractivity contribution is 7.13. The Hall–Kier alpha value is -0.320. The maximum Gasteiger partial charge on any atom is 0.180 e. The van der Waals surface area contributed by atoms with Crippen molar-refractivity contribution in [2.45, 2.75) is 6.61 Å². The number of nitrogens with two attached hydrogens (primary N) is 1. The van der Waals surface area contributed by atoms with Crippen LogP contribution in [0, 0.1) is 0 Å². The lowest BCUT2D eigenvalue weighted by molar-refractivity contribution is 0.182. The summed E-state index contributed by atoms with van der Waals surface area (Å²) in [6.07, 6.45) is 0. The monoisotopic (exact) mass is 180 g/mol. The summed E-state index contributed by atoms with van der Waals surface area (Å²) in [5.74, 6) is 0. The highest BCUT2D eigenvalue weighted by Gasteiger charge is 1.94. The second kappa shape index (κ2) is 4.49. The van der Waals surface area contributed by atoms with Crippen LogP contribution in [-0.4, -0.2) is 12.1 Å². The van der Waals surface area contributed by atoms with E-state index in [0.717, 1.165) is 5.69 Å². The summed E-state index contributed by atoms with van der Waals surface area (Å²) >= 11 is 1.43. The first-order valence-corrected chi connectivity index (χ1v) is 3.39. The molecule has 58 valence electrons. The minimum Gasteiger partial charge on any atom is -0.378 e. The molecule has 0 amide bonds. The van der Waals surface area contributed by atoms with Crippen molar-refractivity contribution < 1.29 is 4.74 Å². The average molecular weight is 181 g/mol. The summed E-state index contributed by atoms with van der Waals surface area (Å²) in [5, 5.41) is 2.49. The van der Waals surface area contributed by atoms with Gasteiger partial charge in [0, 0.05) is 12.5 Å². The number of hydrogen-bond acceptors (Lipinski definition) is 4. The Balaban J connectivity index is 0.000000810. The number of nitrogens with zero attached hydrogens (tertiary/aromatic N) is 1. The van der Waals surface area contributed by atoms with Gasteiger partial charge in [0.2, 0.25) is 0 Å². The molecule has 0 unspecified atom stereocenters. The molecule has 0 saturated carbocycles. The summed E-state index contributed by atoms with van der Waals surface area (Å²) in [6, 6.07) is 0. The van der Waals surface area contributed by atoms with Crippen molar-refractivity contribution in [3.8, 4) is 0 Å². The number of halogens is 1. The van der Waals surface area contributed by atoms with Crippen molar-refractivity contribution in [3.05, 3.63) is 11.1 Å². The molecule has 0 spiro atoms. The van der Waals surface area contributed by atoms with Crippen LogP contribution in [0.25, 0.3) is 0 Å². The van der Waals surface area contributed by atoms with E-state index in [0.29, 0.717) is 11.7 Å². The minimum absolute atomic E-state index is 0. The highest BCUT2D eigenvalue weighted by atomic mass is 35.5. The summed E-state index contributed by atoms with van der Waals surface area (Å²) in [6.45, 7) is 0.549. The number of rotatable bonds is 2. The zero-order chi connectivity index (χ0) is 6.69. The van der Waals surface area contributed by atoms with Gasteiger partial charge in [0.25, 0.3) is 0 Å². The standard InChI is InChI=1S/C5H8N2OS.ClH/c1-8-2-4-3-9-5(6)7-4;/h3H,2H2,1H3,(H2,6,7);1H. The third-order valence-corrected chi connectivity index (χ3v) is 1.58. The normalized spacial score (nSPS) is 8.90. The van der Waals surface area contributed by atoms with Crippen molar-refractivity contribution >= 4 is 28.9 Å². The van der Waals surface area contributed by atoms with Gasteiger partial charge in [0.15, 0.2) is 5.13 Å². The quantitative estimate of drug-likeness (QED) is 0.747. The molecule has 0 saturated heterocycles. The molecular formula is C5H9ClN2OS. The van der Waals surface area contributed by atoms with E-state index in [2.05, 4.69) is 4.98 Å². The van der Waals surface area contributed by atoms with E-state index in [4.69, 9.17) is 10.5 Å². The molecule has 10 heavy (non-hydrogen) atoms. The lowest BCUT2D eigenvalue weighted by atomic mass is 10.5. The number of anilines is 1. The van der Waals surface area contributed by atoms with Crippen molar-refractivity contribution in [1.82, 2.24) is 4.98 Å². The third-order valence-electron chi connectivity index (χ3n) is 0.862. The molecule has 0 atom stereocenters. The van der Waals surface area contributed by atoms with Gasteiger partial charge in [-0.15, -0.1) is 23.7 Å². The molecule has 3 nitrogen and oxygen atoms in total. The number of methoxy groups -OCH3 is 1. The van der Waals surface area contributed by atoms with E-state index in [1.807, 2.05) is 5.38 Å². The van der Waals surface area contributed by atoms with Crippen LogP contribution in [0.5, 0.6) is 0 Å². The van der Waals surface area contributed by atoms with E-state index in [9.17, 15) is 0 Å². The van der Waals surface area contributed by atoms with Crippen LogP contribution in [0.1, 0.15) is 5.69 Å². The van der Waals surface area contributed by atoms with E-state index >= 15 is 0 Å². The van der Waals surface area contributed by atoms with Crippen LogP contribution in [-0.2, 0) is 11.3 Å². The first-order valence-electron chi connectivity index (χ1n) is 2.51. The Kier molecular flexibility index (Phi) is 4.34. The van der Waals surface area contributed by atoms with Gasteiger partial charge in [0.1, 0.15) is 0 Å². The number of thiazole rings is 1. The number of hydrogen-bond donors (Lipinski definition) is 1. The summed E-state index contributed by atoms with van der Waals surface area (Å²) in [7, 11) is 1.63. The van der Waals surface area contributed by atoms with Gasteiger partial charge in [-0.25, -0.2) is 4.98 Å². The van der Waals surface area contributed by atoms with Gasteiger partial charge in [-0.1, -0.05) is 0 Å². The van der Waals surface area contributed by atoms with Gasteiger partial charge >= 0.3 is 0 Å². The van der Waals surface area contributed by atoms with Crippen LogP contribution in [0.4, 0.5) is 5.13 Å². The predicted octanol–water partition coefficient (Wildman–Crippen LogP) is 1.29. The van der Waals surface area contributed by atoms with Gasteiger partial charge in [0.05, 0.1) is 12.3 Å². The SMILES string of the molecule is COCc1csc(N)n1.Cl. The van der Waals surface area contributed by atoms with E-state index in [1.54, 1.807) is 7.11 Å². The molecule has 2 N–H and O–H groups in total. The van der Waals surface area contributed by atoms with Crippen molar-refractivity contribution in [2.75, 3.05) is 12.8 Å². The molecule has 0 radical (unpaired) electrons. The lowest BCUT2D eigenvalue weighted by Gasteiger charge is -1.88. The second-order valence-electron chi connectivity index (χ2n) is 1.61. The molecule has 0 aliphatic heterocycles. The third kappa shape index (κ3) is 2.51. The van der Waals surface area contributed by atoms with E-state index in [-0.39, 0.29) is 12.4 Å². The Bertz CT molecular complexity index is 192. The fraction of sp³-hybridized carbons (Fsp3) is 0.400. The summed E-state index contributed by atoms with van der Waals surface area (Å²) in [5.41, 5.74) is 6.26. The number of aromatic nitrogens is 1. The Morgan fingerprint density at radius 1 is 1.80 bits per heavy atom. The van der Waals surface area contributed by atoms with Crippen LogP contribution in [0.2, 0.25) is 0 Å². The van der Waals surface area contributed by atoms with Crippen molar-refractivity contribution in [1.29, 1.82) is 0 Å². The van der Waals surface area contributed by atoms with Gasteiger partial charge in [-0.05, 0) is 0 Å². The predicted molar refractivity (Wildman–Crippen MR) is 44.5 cm³/mol. The number of ether oxygens (including phenoxy) is 1. The van der Waals surface area contributed by atoms with Crippen LogP contribution < -0.4 is 5.73 Å². The maximum atomic E-state index is 5.36. The summed E-state index contributed by atoms with van der Waals surface area (Å²) < 4.78 is 4.83. The largest absolute Gasteiger partial charge is 0.378 e. The highest BCUT2D eigenvalue weighted by Crippen LogP contribution is 2.10. The second-order valence-corrected chi connectivity index (χ2v) is 2.50. The summed E-state index contributed by atoms with van der Waals surface area (Å²) in [4.78, 5) is 3.97. The topological polar surface area (TPSA) is 48.1 Å². The van der Waals surface area contributed by atoms with Gasteiger partial charge in [-0.2, -0.15) is 0 Å². The molecule has 0 fully saturated rings. The van der Waals surface area contributed by atoms with Gasteiger partial charge < -0.3 is 10.5 Å². The molecule has 1 rings (SSSR count). The van der Waals surface area contributed by atoms with Crippen molar-refractivity contribution in [2.24, 2.45) is 0 Å². The smallest absolute Gasteiger partial charge is 0.180 e. The average Bonchev–Trinajstić information content (AvgIpc) is 2.17. The molecule has 0 aromatic carbocycles. The molecule has 1 heterocycles. The fourth-order valence-corrected chi connectivity index (χ4v) is 1.08. The molecule has 1 aromatic heterocycles. The zero-order valence-electron chi connectivity index (χ0n) is 5.53. The van der Waals surface area contributed by atoms with Gasteiger partial charge in [-0.3, -0.25) is 0 Å². The Morgan fingerprint density at radius 3 is 2.90 bits per heavy atom. The van der Waals surface area contributed by atoms with Crippen LogP contribution in [0.3, 0.4) is 0 Å². The van der Waals surface area contributed by atoms with E-state index < -0.39 is 0 Å². The van der Waals surface area contributed by atoms with Crippen molar-refractivity contribution in [3.63, 3.8) is 0 Å². The first-order chi connectivity index (χ1) is 4.33. The maximum absolute atomic E-state index is 5.36. The molecule has 0 aliphatic carbocycles. The first kappa shape index (κ1) is 9.68. The Labute approximate surface area is 69.6 Å². The Morgan fingerprint density at radius 2 is 2.50 bits per heavy atom. The van der Waals surface area contributed by atoms with E-state index in [1.165, 1.54) is 11.3 Å². The van der Waals surface area contributed by atoms with Crippen LogP contribution in [0.15, 0.2) is 5.38 Å². The molecule has 0 bridgehead atoms. The molecular weight excluding hydrogens is 172 g/mol. The lowest BCUT2D eigenvalue weighted by Crippen LogP contribution is -1.88. The molecule has 1 aromatic rings. The molecule has 5 heteroatoms. The minimum atomic E-state index is 0. The molecule has 0 aliphatic rings.